The van der Waals surface area contributed by atoms with Crippen LogP contribution in [0.15, 0.2) is 6.20 Å². The molecule has 0 bridgehead atoms. The second kappa shape index (κ2) is 3.07. The molecule has 1 aromatic heterocycles. The highest BCUT2D eigenvalue weighted by Crippen LogP contribution is 2.39. The van der Waals surface area contributed by atoms with Crippen molar-refractivity contribution >= 4 is 0 Å². The van der Waals surface area contributed by atoms with Gasteiger partial charge in [-0.1, -0.05) is 26.0 Å². The molecule has 0 aliphatic heterocycles. The molecule has 78 valence electrons. The Morgan fingerprint density at radius 3 is 2.57 bits per heavy atom. The van der Waals surface area contributed by atoms with Gasteiger partial charge in [0.1, 0.15) is 0 Å². The first-order chi connectivity index (χ1) is 6.48. The molecule has 1 atom stereocenters. The van der Waals surface area contributed by atoms with E-state index in [1.54, 1.807) is 0 Å². The van der Waals surface area contributed by atoms with E-state index in [0.717, 1.165) is 0 Å². The van der Waals surface area contributed by atoms with Crippen molar-refractivity contribution in [3.63, 3.8) is 0 Å². The Hall–Kier alpha value is -0.860. The number of hydrogen-bond donors (Lipinski definition) is 0. The summed E-state index contributed by atoms with van der Waals surface area (Å²) < 4.78 is 2.01. The third kappa shape index (κ3) is 1.81. The van der Waals surface area contributed by atoms with Crippen LogP contribution in [-0.2, 0) is 0 Å². The Balaban J connectivity index is 2.15. The largest absolute Gasteiger partial charge is 0.249 e. The molecule has 1 saturated carbocycles. The van der Waals surface area contributed by atoms with E-state index in [4.69, 9.17) is 0 Å². The molecule has 0 N–H and O–H groups in total. The molecule has 1 heterocycles. The third-order valence-electron chi connectivity index (χ3n) is 3.17. The molecule has 3 heteroatoms. The number of rotatable bonds is 2. The first-order valence-electron chi connectivity index (χ1n) is 5.40. The first-order valence-corrected chi connectivity index (χ1v) is 5.40. The zero-order valence-electron chi connectivity index (χ0n) is 9.49. The molecular weight excluding hydrogens is 174 g/mol. The van der Waals surface area contributed by atoms with Crippen LogP contribution >= 0.6 is 0 Å². The standard InChI is InChI=1S/C11H19N3/c1-8(11(2,3)4)14-7-10(12-13-14)9-5-6-9/h7-9H,5-6H2,1-4H3/t8-/m1/s1. The molecular formula is C11H19N3. The Labute approximate surface area is 85.5 Å². The highest BCUT2D eigenvalue weighted by Gasteiger charge is 2.28. The van der Waals surface area contributed by atoms with E-state index < -0.39 is 0 Å². The van der Waals surface area contributed by atoms with Crippen molar-refractivity contribution in [3.05, 3.63) is 11.9 Å². The van der Waals surface area contributed by atoms with Crippen LogP contribution in [0.4, 0.5) is 0 Å². The average Bonchev–Trinajstić information content (AvgIpc) is 2.82. The zero-order valence-corrected chi connectivity index (χ0v) is 9.49. The fourth-order valence-corrected chi connectivity index (χ4v) is 1.44. The van der Waals surface area contributed by atoms with E-state index >= 15 is 0 Å². The lowest BCUT2D eigenvalue weighted by molar-refractivity contribution is 0.241. The normalized spacial score (nSPS) is 19.7. The molecule has 1 aliphatic carbocycles. The summed E-state index contributed by atoms with van der Waals surface area (Å²) in [5.74, 6) is 0.705. The van der Waals surface area contributed by atoms with Gasteiger partial charge in [-0.3, -0.25) is 0 Å². The topological polar surface area (TPSA) is 30.7 Å². The van der Waals surface area contributed by atoms with Crippen molar-refractivity contribution in [2.24, 2.45) is 5.41 Å². The van der Waals surface area contributed by atoms with Gasteiger partial charge in [0, 0.05) is 12.1 Å². The van der Waals surface area contributed by atoms with Crippen molar-refractivity contribution < 1.29 is 0 Å². The minimum Gasteiger partial charge on any atom is -0.249 e. The van der Waals surface area contributed by atoms with Crippen molar-refractivity contribution in [2.45, 2.75) is 52.5 Å². The van der Waals surface area contributed by atoms with Crippen LogP contribution in [0, 0.1) is 5.41 Å². The van der Waals surface area contributed by atoms with Crippen LogP contribution in [0.3, 0.4) is 0 Å². The van der Waals surface area contributed by atoms with Gasteiger partial charge >= 0.3 is 0 Å². The quantitative estimate of drug-likeness (QED) is 0.723. The molecule has 1 fully saturated rings. The van der Waals surface area contributed by atoms with Crippen molar-refractivity contribution in [2.75, 3.05) is 0 Å². The molecule has 1 aromatic rings. The van der Waals surface area contributed by atoms with E-state index in [2.05, 4.69) is 44.2 Å². The van der Waals surface area contributed by atoms with Gasteiger partial charge in [-0.15, -0.1) is 5.10 Å². The maximum Gasteiger partial charge on any atom is 0.0858 e. The molecule has 2 rings (SSSR count). The predicted octanol–water partition coefficient (Wildman–Crippen LogP) is 2.76. The first kappa shape index (κ1) is 9.69. The van der Waals surface area contributed by atoms with Crippen LogP contribution < -0.4 is 0 Å². The molecule has 0 unspecified atom stereocenters. The third-order valence-corrected chi connectivity index (χ3v) is 3.17. The van der Waals surface area contributed by atoms with Crippen LogP contribution in [0.1, 0.15) is 58.2 Å². The summed E-state index contributed by atoms with van der Waals surface area (Å²) >= 11 is 0. The summed E-state index contributed by atoms with van der Waals surface area (Å²) in [6.45, 7) is 8.90. The van der Waals surface area contributed by atoms with Crippen LogP contribution in [0.5, 0.6) is 0 Å². The van der Waals surface area contributed by atoms with E-state index in [-0.39, 0.29) is 5.41 Å². The highest BCUT2D eigenvalue weighted by molar-refractivity contribution is 5.09. The number of hydrogen-bond acceptors (Lipinski definition) is 2. The predicted molar refractivity (Wildman–Crippen MR) is 56.2 cm³/mol. The number of aromatic nitrogens is 3. The summed E-state index contributed by atoms with van der Waals surface area (Å²) in [6, 6.07) is 0.405. The molecule has 1 aliphatic rings. The van der Waals surface area contributed by atoms with Crippen LogP contribution in [0.2, 0.25) is 0 Å². The summed E-state index contributed by atoms with van der Waals surface area (Å²) in [6.07, 6.45) is 4.71. The fraction of sp³-hybridized carbons (Fsp3) is 0.818. The second-order valence-electron chi connectivity index (χ2n) is 5.44. The molecule has 0 saturated heterocycles. The molecule has 0 aromatic carbocycles. The summed E-state index contributed by atoms with van der Waals surface area (Å²) in [5, 5.41) is 8.44. The SMILES string of the molecule is C[C@@H](n1cc(C2CC2)nn1)C(C)(C)C. The minimum absolute atomic E-state index is 0.245. The van der Waals surface area contributed by atoms with Gasteiger partial charge in [0.2, 0.25) is 0 Å². The van der Waals surface area contributed by atoms with Gasteiger partial charge in [0.05, 0.1) is 11.7 Å². The molecule has 14 heavy (non-hydrogen) atoms. The average molecular weight is 193 g/mol. The maximum absolute atomic E-state index is 4.23. The van der Waals surface area contributed by atoms with Gasteiger partial charge in [-0.05, 0) is 25.2 Å². The van der Waals surface area contributed by atoms with E-state index in [9.17, 15) is 0 Å². The Kier molecular flexibility index (Phi) is 2.13. The van der Waals surface area contributed by atoms with Gasteiger partial charge in [-0.25, -0.2) is 4.68 Å². The Morgan fingerprint density at radius 1 is 1.43 bits per heavy atom. The lowest BCUT2D eigenvalue weighted by atomic mass is 9.88. The van der Waals surface area contributed by atoms with Crippen LogP contribution in [-0.4, -0.2) is 15.0 Å². The van der Waals surface area contributed by atoms with E-state index in [1.165, 1.54) is 18.5 Å². The summed E-state index contributed by atoms with van der Waals surface area (Å²) in [7, 11) is 0. The summed E-state index contributed by atoms with van der Waals surface area (Å²) in [4.78, 5) is 0. The van der Waals surface area contributed by atoms with Gasteiger partial charge in [0.15, 0.2) is 0 Å². The van der Waals surface area contributed by atoms with Crippen molar-refractivity contribution in [3.8, 4) is 0 Å². The molecule has 3 nitrogen and oxygen atoms in total. The smallest absolute Gasteiger partial charge is 0.0858 e. The minimum atomic E-state index is 0.245. The van der Waals surface area contributed by atoms with E-state index in [1.807, 2.05) is 4.68 Å². The van der Waals surface area contributed by atoms with Gasteiger partial charge < -0.3 is 0 Å². The molecule has 0 spiro atoms. The van der Waals surface area contributed by atoms with Gasteiger partial charge in [0.25, 0.3) is 0 Å². The van der Waals surface area contributed by atoms with Crippen molar-refractivity contribution in [1.82, 2.24) is 15.0 Å². The molecule has 0 amide bonds. The number of nitrogens with zero attached hydrogens (tertiary/aromatic N) is 3. The monoisotopic (exact) mass is 193 g/mol. The second-order valence-corrected chi connectivity index (χ2v) is 5.44. The van der Waals surface area contributed by atoms with E-state index in [0.29, 0.717) is 12.0 Å². The Morgan fingerprint density at radius 2 is 2.07 bits per heavy atom. The zero-order chi connectivity index (χ0) is 10.3. The lowest BCUT2D eigenvalue weighted by Crippen LogP contribution is -2.22. The maximum atomic E-state index is 4.23. The highest BCUT2D eigenvalue weighted by atomic mass is 15.4. The van der Waals surface area contributed by atoms with Crippen molar-refractivity contribution in [1.29, 1.82) is 0 Å². The summed E-state index contributed by atoms with van der Waals surface area (Å²) in [5.41, 5.74) is 1.43. The molecule has 0 radical (unpaired) electrons. The van der Waals surface area contributed by atoms with Crippen LogP contribution in [0.25, 0.3) is 0 Å². The lowest BCUT2D eigenvalue weighted by Gasteiger charge is -2.26. The Bertz CT molecular complexity index is 318. The van der Waals surface area contributed by atoms with Gasteiger partial charge in [-0.2, -0.15) is 0 Å². The fourth-order valence-electron chi connectivity index (χ4n) is 1.44.